The lowest BCUT2D eigenvalue weighted by molar-refractivity contribution is -0.136. The summed E-state index contributed by atoms with van der Waals surface area (Å²) in [5.41, 5.74) is 3.05. The molecule has 0 unspecified atom stereocenters. The van der Waals surface area contributed by atoms with Crippen molar-refractivity contribution in [2.24, 2.45) is 0 Å². The molecule has 2 aromatic heterocycles. The first-order valence-electron chi connectivity index (χ1n) is 5.98. The molecule has 0 fully saturated rings. The Bertz CT molecular complexity index is 730. The average molecular weight is 272 g/mol. The zero-order valence-corrected chi connectivity index (χ0v) is 10.9. The van der Waals surface area contributed by atoms with Gasteiger partial charge in [-0.3, -0.25) is 4.79 Å². The zero-order valence-electron chi connectivity index (χ0n) is 10.1. The van der Waals surface area contributed by atoms with Gasteiger partial charge in [-0.25, -0.2) is 0 Å². The van der Waals surface area contributed by atoms with Gasteiger partial charge in [-0.05, 0) is 30.1 Å². The van der Waals surface area contributed by atoms with Crippen LogP contribution in [0.5, 0.6) is 0 Å². The van der Waals surface area contributed by atoms with Gasteiger partial charge in [0.05, 0.1) is 12.1 Å². The van der Waals surface area contributed by atoms with Gasteiger partial charge >= 0.3 is 5.97 Å². The second kappa shape index (κ2) is 4.85. The van der Waals surface area contributed by atoms with E-state index in [9.17, 15) is 4.79 Å². The minimum atomic E-state index is -0.776. The summed E-state index contributed by atoms with van der Waals surface area (Å²) in [6.45, 7) is 0. The molecule has 3 aromatic rings. The number of carbonyl (C=O) groups is 1. The Balaban J connectivity index is 1.92. The molecule has 0 radical (unpaired) electrons. The van der Waals surface area contributed by atoms with Gasteiger partial charge in [0.2, 0.25) is 0 Å². The largest absolute Gasteiger partial charge is 0.481 e. The Hall–Kier alpha value is -2.14. The maximum Gasteiger partial charge on any atom is 0.303 e. The highest BCUT2D eigenvalue weighted by Crippen LogP contribution is 2.29. The Labute approximate surface area is 113 Å². The van der Waals surface area contributed by atoms with Gasteiger partial charge in [0.1, 0.15) is 0 Å². The topological polar surface area (TPSA) is 66.0 Å². The average Bonchev–Trinajstić information content (AvgIpc) is 3.02. The number of hydrogen-bond acceptors (Lipinski definition) is 3. The third-order valence-electron chi connectivity index (χ3n) is 3.01. The van der Waals surface area contributed by atoms with E-state index in [1.807, 2.05) is 30.5 Å². The molecule has 0 atom stereocenters. The second-order valence-corrected chi connectivity index (χ2v) is 5.21. The second-order valence-electron chi connectivity index (χ2n) is 4.32. The van der Waals surface area contributed by atoms with Crippen molar-refractivity contribution >= 4 is 28.4 Å². The number of aromatic nitrogens is 2. The lowest BCUT2D eigenvalue weighted by Crippen LogP contribution is -1.95. The number of nitrogens with zero attached hydrogens (tertiary/aromatic N) is 1. The van der Waals surface area contributed by atoms with E-state index in [0.717, 1.165) is 27.0 Å². The molecule has 3 rings (SSSR count). The van der Waals surface area contributed by atoms with Crippen LogP contribution in [0.1, 0.15) is 11.3 Å². The van der Waals surface area contributed by atoms with E-state index in [2.05, 4.69) is 15.4 Å². The normalized spacial score (nSPS) is 10.9. The van der Waals surface area contributed by atoms with Crippen LogP contribution in [0.2, 0.25) is 0 Å². The first-order valence-corrected chi connectivity index (χ1v) is 6.75. The van der Waals surface area contributed by atoms with Crippen LogP contribution < -0.4 is 0 Å². The number of H-pyrrole nitrogens is 1. The molecule has 2 heterocycles. The lowest BCUT2D eigenvalue weighted by Gasteiger charge is -1.93. The number of nitrogens with one attached hydrogen (secondary N) is 1. The highest BCUT2D eigenvalue weighted by Gasteiger charge is 2.10. The van der Waals surface area contributed by atoms with E-state index in [4.69, 9.17) is 5.11 Å². The van der Waals surface area contributed by atoms with Gasteiger partial charge in [-0.1, -0.05) is 18.2 Å². The molecular weight excluding hydrogens is 260 g/mol. The Morgan fingerprint density at radius 1 is 1.37 bits per heavy atom. The van der Waals surface area contributed by atoms with Gasteiger partial charge in [0, 0.05) is 27.5 Å². The third kappa shape index (κ3) is 2.37. The number of fused-ring (bicyclic) bond motifs is 1. The van der Waals surface area contributed by atoms with Crippen molar-refractivity contribution < 1.29 is 9.90 Å². The van der Waals surface area contributed by atoms with Crippen molar-refractivity contribution in [3.63, 3.8) is 0 Å². The van der Waals surface area contributed by atoms with E-state index in [1.54, 1.807) is 0 Å². The Morgan fingerprint density at radius 2 is 2.21 bits per heavy atom. The molecule has 19 heavy (non-hydrogen) atoms. The summed E-state index contributed by atoms with van der Waals surface area (Å²) in [4.78, 5) is 14.8. The molecule has 2 N–H and O–H groups in total. The van der Waals surface area contributed by atoms with Crippen molar-refractivity contribution in [2.45, 2.75) is 12.8 Å². The lowest BCUT2D eigenvalue weighted by atomic mass is 10.1. The quantitative estimate of drug-likeness (QED) is 0.765. The number of aromatic amines is 1. The summed E-state index contributed by atoms with van der Waals surface area (Å²) >= 11 is 1.37. The summed E-state index contributed by atoms with van der Waals surface area (Å²) < 4.78 is 4.42. The highest BCUT2D eigenvalue weighted by molar-refractivity contribution is 7.06. The predicted octanol–water partition coefficient (Wildman–Crippen LogP) is 3.31. The van der Waals surface area contributed by atoms with Crippen LogP contribution in [0.25, 0.3) is 22.2 Å². The first-order chi connectivity index (χ1) is 9.24. The van der Waals surface area contributed by atoms with E-state index < -0.39 is 5.97 Å². The van der Waals surface area contributed by atoms with Crippen LogP contribution in [-0.4, -0.2) is 20.4 Å². The zero-order chi connectivity index (χ0) is 13.2. The number of carboxylic acids is 1. The Morgan fingerprint density at radius 3 is 3.05 bits per heavy atom. The molecule has 0 saturated carbocycles. The Kier molecular flexibility index (Phi) is 3.05. The standard InChI is InChI=1S/C14H12N2O2S/c17-14(18)6-5-9-7-13(16-19-9)11-8-15-12-4-2-1-3-10(11)12/h1-4,7-8,15H,5-6H2,(H,17,18). The summed E-state index contributed by atoms with van der Waals surface area (Å²) in [5, 5.41) is 9.82. The maximum absolute atomic E-state index is 10.6. The van der Waals surface area contributed by atoms with Crippen LogP contribution in [0.3, 0.4) is 0 Å². The van der Waals surface area contributed by atoms with E-state index >= 15 is 0 Å². The van der Waals surface area contributed by atoms with E-state index in [0.29, 0.717) is 6.42 Å². The monoisotopic (exact) mass is 272 g/mol. The number of hydrogen-bond donors (Lipinski definition) is 2. The van der Waals surface area contributed by atoms with Crippen LogP contribution >= 0.6 is 11.5 Å². The first kappa shape index (κ1) is 11.9. The van der Waals surface area contributed by atoms with Crippen LogP contribution in [0, 0.1) is 0 Å². The van der Waals surface area contributed by atoms with E-state index in [1.165, 1.54) is 11.5 Å². The minimum absolute atomic E-state index is 0.148. The molecule has 0 amide bonds. The maximum atomic E-state index is 10.6. The van der Waals surface area contributed by atoms with Crippen molar-refractivity contribution in [2.75, 3.05) is 0 Å². The molecule has 1 aromatic carbocycles. The number of carboxylic acid groups (broad SMARTS) is 1. The molecule has 0 aliphatic carbocycles. The van der Waals surface area contributed by atoms with Crippen LogP contribution in [0.4, 0.5) is 0 Å². The third-order valence-corrected chi connectivity index (χ3v) is 3.85. The summed E-state index contributed by atoms with van der Waals surface area (Å²) in [7, 11) is 0. The molecule has 0 aliphatic heterocycles. The fourth-order valence-electron chi connectivity index (χ4n) is 2.07. The van der Waals surface area contributed by atoms with Gasteiger partial charge in [-0.15, -0.1) is 0 Å². The molecule has 0 saturated heterocycles. The number of aliphatic carboxylic acids is 1. The predicted molar refractivity (Wildman–Crippen MR) is 75.4 cm³/mol. The number of aryl methyl sites for hydroxylation is 1. The van der Waals surface area contributed by atoms with Crippen molar-refractivity contribution in [1.82, 2.24) is 9.36 Å². The molecule has 5 heteroatoms. The van der Waals surface area contributed by atoms with Crippen molar-refractivity contribution in [1.29, 1.82) is 0 Å². The fraction of sp³-hybridized carbons (Fsp3) is 0.143. The molecule has 4 nitrogen and oxygen atoms in total. The number of benzene rings is 1. The van der Waals surface area contributed by atoms with Crippen LogP contribution in [-0.2, 0) is 11.2 Å². The van der Waals surface area contributed by atoms with Crippen molar-refractivity contribution in [3.8, 4) is 11.3 Å². The highest BCUT2D eigenvalue weighted by atomic mass is 32.1. The van der Waals surface area contributed by atoms with Gasteiger partial charge in [0.25, 0.3) is 0 Å². The molecular formula is C14H12N2O2S. The van der Waals surface area contributed by atoms with Crippen LogP contribution in [0.15, 0.2) is 36.5 Å². The van der Waals surface area contributed by atoms with E-state index in [-0.39, 0.29) is 6.42 Å². The minimum Gasteiger partial charge on any atom is -0.481 e. The molecule has 0 bridgehead atoms. The van der Waals surface area contributed by atoms with Crippen molar-refractivity contribution in [3.05, 3.63) is 41.4 Å². The van der Waals surface area contributed by atoms with Gasteiger partial charge in [0.15, 0.2) is 0 Å². The number of para-hydroxylation sites is 1. The summed E-state index contributed by atoms with van der Waals surface area (Å²) in [6, 6.07) is 10.0. The SMILES string of the molecule is O=C(O)CCc1cc(-c2c[nH]c3ccccc23)ns1. The summed E-state index contributed by atoms with van der Waals surface area (Å²) in [6.07, 6.45) is 2.63. The molecule has 0 spiro atoms. The van der Waals surface area contributed by atoms with Gasteiger partial charge in [-0.2, -0.15) is 4.37 Å². The number of rotatable bonds is 4. The fourth-order valence-corrected chi connectivity index (χ4v) is 2.80. The molecule has 0 aliphatic rings. The van der Waals surface area contributed by atoms with Gasteiger partial charge < -0.3 is 10.1 Å². The molecule has 96 valence electrons. The summed E-state index contributed by atoms with van der Waals surface area (Å²) in [5.74, 6) is -0.776. The smallest absolute Gasteiger partial charge is 0.303 e.